The standard InChI is InChI=1S/C12H10BrFN2O2S/c1-16(10-4-6-15-7-5-10)19(17,18)12-3-2-9(14)8-11(12)13/h2-8H,1H3. The van der Waals surface area contributed by atoms with Gasteiger partial charge in [0.05, 0.1) is 5.69 Å². The molecule has 0 aliphatic carbocycles. The van der Waals surface area contributed by atoms with Gasteiger partial charge >= 0.3 is 0 Å². The SMILES string of the molecule is CN(c1ccncc1)S(=O)(=O)c1ccc(F)cc1Br. The normalized spacial score (nSPS) is 11.3. The second-order valence-corrected chi connectivity index (χ2v) is 6.54. The molecule has 4 nitrogen and oxygen atoms in total. The monoisotopic (exact) mass is 344 g/mol. The Morgan fingerprint density at radius 2 is 1.84 bits per heavy atom. The van der Waals surface area contributed by atoms with E-state index in [4.69, 9.17) is 0 Å². The van der Waals surface area contributed by atoms with Crippen molar-refractivity contribution in [3.05, 3.63) is 53.0 Å². The molecular weight excluding hydrogens is 335 g/mol. The lowest BCUT2D eigenvalue weighted by Gasteiger charge is -2.19. The van der Waals surface area contributed by atoms with Crippen LogP contribution in [0.4, 0.5) is 10.1 Å². The number of pyridine rings is 1. The van der Waals surface area contributed by atoms with E-state index >= 15 is 0 Å². The fraction of sp³-hybridized carbons (Fsp3) is 0.0833. The largest absolute Gasteiger partial charge is 0.269 e. The van der Waals surface area contributed by atoms with Gasteiger partial charge in [-0.3, -0.25) is 9.29 Å². The van der Waals surface area contributed by atoms with Gasteiger partial charge in [0.2, 0.25) is 0 Å². The van der Waals surface area contributed by atoms with Gasteiger partial charge in [-0.15, -0.1) is 0 Å². The Morgan fingerprint density at radius 3 is 2.42 bits per heavy atom. The zero-order valence-corrected chi connectivity index (χ0v) is 12.3. The molecule has 19 heavy (non-hydrogen) atoms. The van der Waals surface area contributed by atoms with E-state index in [9.17, 15) is 12.8 Å². The Hall–Kier alpha value is -1.47. The van der Waals surface area contributed by atoms with Crippen molar-refractivity contribution in [1.82, 2.24) is 4.98 Å². The van der Waals surface area contributed by atoms with E-state index in [2.05, 4.69) is 20.9 Å². The summed E-state index contributed by atoms with van der Waals surface area (Å²) in [7, 11) is -2.32. The number of rotatable bonds is 3. The minimum absolute atomic E-state index is 0.00760. The third kappa shape index (κ3) is 2.76. The Morgan fingerprint density at radius 1 is 1.21 bits per heavy atom. The van der Waals surface area contributed by atoms with Crippen LogP contribution in [-0.2, 0) is 10.0 Å². The molecule has 0 radical (unpaired) electrons. The van der Waals surface area contributed by atoms with Crippen molar-refractivity contribution in [2.75, 3.05) is 11.4 Å². The molecule has 0 saturated carbocycles. The van der Waals surface area contributed by atoms with Gasteiger partial charge in [-0.05, 0) is 46.3 Å². The van der Waals surface area contributed by atoms with Crippen LogP contribution in [-0.4, -0.2) is 20.4 Å². The zero-order valence-electron chi connectivity index (χ0n) is 9.92. The lowest BCUT2D eigenvalue weighted by Crippen LogP contribution is -2.26. The summed E-state index contributed by atoms with van der Waals surface area (Å²) >= 11 is 3.07. The first kappa shape index (κ1) is 14.0. The molecule has 0 spiro atoms. The van der Waals surface area contributed by atoms with Crippen molar-refractivity contribution >= 4 is 31.6 Å². The molecule has 0 bridgehead atoms. The molecule has 2 rings (SSSR count). The molecule has 0 aliphatic heterocycles. The molecule has 0 atom stereocenters. The molecule has 0 N–H and O–H groups in total. The first-order chi connectivity index (χ1) is 8.93. The quantitative estimate of drug-likeness (QED) is 0.860. The molecule has 1 aromatic heterocycles. The van der Waals surface area contributed by atoms with Crippen LogP contribution in [0.15, 0.2) is 52.1 Å². The van der Waals surface area contributed by atoms with Crippen molar-refractivity contribution < 1.29 is 12.8 Å². The van der Waals surface area contributed by atoms with Gasteiger partial charge < -0.3 is 0 Å². The highest BCUT2D eigenvalue weighted by molar-refractivity contribution is 9.10. The molecule has 0 amide bonds. The summed E-state index contributed by atoms with van der Waals surface area (Å²) in [4.78, 5) is 3.84. The van der Waals surface area contributed by atoms with Crippen LogP contribution < -0.4 is 4.31 Å². The number of anilines is 1. The summed E-state index contributed by atoms with van der Waals surface area (Å²) in [6, 6.07) is 6.61. The summed E-state index contributed by atoms with van der Waals surface area (Å²) in [6.45, 7) is 0. The van der Waals surface area contributed by atoms with Gasteiger partial charge in [0.25, 0.3) is 10.0 Å². The summed E-state index contributed by atoms with van der Waals surface area (Å²) in [5.41, 5.74) is 0.478. The van der Waals surface area contributed by atoms with E-state index in [0.29, 0.717) is 5.69 Å². The van der Waals surface area contributed by atoms with Crippen molar-refractivity contribution in [3.63, 3.8) is 0 Å². The van der Waals surface area contributed by atoms with Crippen LogP contribution in [0.1, 0.15) is 0 Å². The lowest BCUT2D eigenvalue weighted by atomic mass is 10.3. The number of nitrogens with zero attached hydrogens (tertiary/aromatic N) is 2. The van der Waals surface area contributed by atoms with Crippen LogP contribution >= 0.6 is 15.9 Å². The summed E-state index contributed by atoms with van der Waals surface area (Å²) in [5.74, 6) is -0.502. The van der Waals surface area contributed by atoms with Crippen LogP contribution in [0.2, 0.25) is 0 Å². The maximum absolute atomic E-state index is 13.0. The van der Waals surface area contributed by atoms with Gasteiger partial charge in [-0.1, -0.05) is 0 Å². The van der Waals surface area contributed by atoms with Crippen molar-refractivity contribution in [1.29, 1.82) is 0 Å². The Labute approximate surface area is 119 Å². The topological polar surface area (TPSA) is 50.3 Å². The molecule has 0 saturated heterocycles. The second kappa shape index (κ2) is 5.26. The number of aromatic nitrogens is 1. The van der Waals surface area contributed by atoms with Crippen LogP contribution in [0, 0.1) is 5.82 Å². The van der Waals surface area contributed by atoms with Gasteiger partial charge in [0.1, 0.15) is 10.7 Å². The second-order valence-electron chi connectivity index (χ2n) is 3.75. The van der Waals surface area contributed by atoms with Gasteiger partial charge in [-0.2, -0.15) is 0 Å². The van der Waals surface area contributed by atoms with Gasteiger partial charge in [-0.25, -0.2) is 12.8 Å². The lowest BCUT2D eigenvalue weighted by molar-refractivity contribution is 0.592. The summed E-state index contributed by atoms with van der Waals surface area (Å²) in [5, 5.41) is 0. The molecule has 1 aromatic carbocycles. The highest BCUT2D eigenvalue weighted by Crippen LogP contribution is 2.27. The van der Waals surface area contributed by atoms with Gasteiger partial charge in [0.15, 0.2) is 0 Å². The van der Waals surface area contributed by atoms with Crippen LogP contribution in [0.5, 0.6) is 0 Å². The predicted molar refractivity (Wildman–Crippen MR) is 73.9 cm³/mol. The smallest absolute Gasteiger partial charge is 0.265 e. The summed E-state index contributed by atoms with van der Waals surface area (Å²) in [6.07, 6.45) is 3.00. The highest BCUT2D eigenvalue weighted by atomic mass is 79.9. The van der Waals surface area contributed by atoms with Gasteiger partial charge in [0, 0.05) is 23.9 Å². The van der Waals surface area contributed by atoms with E-state index < -0.39 is 15.8 Å². The Kier molecular flexibility index (Phi) is 3.86. The molecule has 100 valence electrons. The fourth-order valence-corrected chi connectivity index (χ4v) is 3.73. The van der Waals surface area contributed by atoms with Crippen molar-refractivity contribution in [2.45, 2.75) is 4.90 Å². The van der Waals surface area contributed by atoms with E-state index in [1.54, 1.807) is 12.1 Å². The Balaban J connectivity index is 2.48. The zero-order chi connectivity index (χ0) is 14.0. The first-order valence-corrected chi connectivity index (χ1v) is 7.50. The third-order valence-corrected chi connectivity index (χ3v) is 5.32. The number of halogens is 2. The molecule has 1 heterocycles. The fourth-order valence-electron chi connectivity index (χ4n) is 1.52. The molecule has 0 aliphatic rings. The maximum Gasteiger partial charge on any atom is 0.265 e. The van der Waals surface area contributed by atoms with E-state index in [1.807, 2.05) is 0 Å². The Bertz CT molecular complexity index is 692. The van der Waals surface area contributed by atoms with E-state index in [1.165, 1.54) is 25.5 Å². The molecule has 0 unspecified atom stereocenters. The van der Waals surface area contributed by atoms with Crippen molar-refractivity contribution in [3.8, 4) is 0 Å². The average Bonchev–Trinajstić information content (AvgIpc) is 2.38. The average molecular weight is 345 g/mol. The number of sulfonamides is 1. The van der Waals surface area contributed by atoms with Crippen molar-refractivity contribution in [2.24, 2.45) is 0 Å². The van der Waals surface area contributed by atoms with Crippen LogP contribution in [0.3, 0.4) is 0 Å². The highest BCUT2D eigenvalue weighted by Gasteiger charge is 2.23. The van der Waals surface area contributed by atoms with E-state index in [0.717, 1.165) is 16.4 Å². The molecule has 0 fully saturated rings. The first-order valence-electron chi connectivity index (χ1n) is 5.27. The molecule has 2 aromatic rings. The van der Waals surface area contributed by atoms with Crippen LogP contribution in [0.25, 0.3) is 0 Å². The van der Waals surface area contributed by atoms with E-state index in [-0.39, 0.29) is 9.37 Å². The molecular formula is C12H10BrFN2O2S. The molecule has 7 heteroatoms. The predicted octanol–water partition coefficient (Wildman–Crippen LogP) is 2.81. The number of benzene rings is 1. The number of hydrogen-bond acceptors (Lipinski definition) is 3. The summed E-state index contributed by atoms with van der Waals surface area (Å²) < 4.78 is 39.2. The third-order valence-electron chi connectivity index (χ3n) is 2.56. The minimum atomic E-state index is -3.75. The minimum Gasteiger partial charge on any atom is -0.269 e. The maximum atomic E-state index is 13.0. The number of hydrogen-bond donors (Lipinski definition) is 0.